The molecule has 0 rings (SSSR count). The maximum absolute atomic E-state index is 12.8. The van der Waals surface area contributed by atoms with Crippen LogP contribution in [-0.2, 0) is 28.6 Å². The van der Waals surface area contributed by atoms with E-state index in [0.29, 0.717) is 19.3 Å². The third kappa shape index (κ3) is 49.5. The summed E-state index contributed by atoms with van der Waals surface area (Å²) in [5.74, 6) is -0.966. The Morgan fingerprint density at radius 3 is 1.05 bits per heavy atom. The van der Waals surface area contributed by atoms with Crippen LogP contribution in [0.25, 0.3) is 0 Å². The first-order valence-electron chi connectivity index (χ1n) is 26.1. The van der Waals surface area contributed by atoms with E-state index in [2.05, 4.69) is 106 Å². The molecule has 6 heteroatoms. The van der Waals surface area contributed by atoms with Gasteiger partial charge in [-0.05, 0) is 116 Å². The molecule has 0 aromatic heterocycles. The lowest BCUT2D eigenvalue weighted by atomic mass is 10.1. The van der Waals surface area contributed by atoms with Gasteiger partial charge in [0, 0.05) is 19.3 Å². The molecule has 0 heterocycles. The van der Waals surface area contributed by atoms with E-state index in [4.69, 9.17) is 14.2 Å². The molecule has 0 bridgehead atoms. The van der Waals surface area contributed by atoms with Crippen molar-refractivity contribution in [1.29, 1.82) is 0 Å². The molecule has 0 aromatic rings. The Kier molecular flexibility index (Phi) is 48.5. The number of allylic oxidation sites excluding steroid dienone is 14. The maximum Gasteiger partial charge on any atom is 0.306 e. The Labute approximate surface area is 388 Å². The number of hydrogen-bond acceptors (Lipinski definition) is 6. The molecule has 0 N–H and O–H groups in total. The number of carbonyl (C=O) groups excluding carboxylic acids is 3. The molecule has 0 aliphatic carbocycles. The Hall–Kier alpha value is -3.41. The molecule has 0 aliphatic heterocycles. The second-order valence-electron chi connectivity index (χ2n) is 17.0. The Morgan fingerprint density at radius 1 is 0.333 bits per heavy atom. The largest absolute Gasteiger partial charge is 0.462 e. The molecule has 0 radical (unpaired) electrons. The highest BCUT2D eigenvalue weighted by Crippen LogP contribution is 2.13. The summed E-state index contributed by atoms with van der Waals surface area (Å²) in [5.41, 5.74) is 0. The van der Waals surface area contributed by atoms with Gasteiger partial charge < -0.3 is 14.2 Å². The summed E-state index contributed by atoms with van der Waals surface area (Å²) < 4.78 is 16.8. The van der Waals surface area contributed by atoms with Crippen LogP contribution in [0.4, 0.5) is 0 Å². The standard InChI is InChI=1S/C57H96O6/c1-4-7-10-13-16-19-22-25-28-31-34-37-40-43-46-49-55(58)61-52-54(63-57(60)51-48-45-42-39-36-33-30-27-24-21-18-15-12-9-6-3)53-62-56(59)50-47-44-41-38-35-32-29-26-23-20-17-14-11-8-5-2/h7,10,16,18-19,21,25-30,34,37,54H,4-6,8-9,11-15,17,20,22-24,31-33,35-36,38-53H2,1-3H3/b10-7-,19-16-,21-18-,28-25-,29-26-,30-27-,37-34-/t54-/m1/s1. The molecule has 0 amide bonds. The molecule has 6 nitrogen and oxygen atoms in total. The van der Waals surface area contributed by atoms with Gasteiger partial charge in [0.15, 0.2) is 6.10 Å². The summed E-state index contributed by atoms with van der Waals surface area (Å²) in [4.78, 5) is 38.0. The first-order chi connectivity index (χ1) is 31.0. The zero-order valence-corrected chi connectivity index (χ0v) is 41.1. The van der Waals surface area contributed by atoms with Crippen LogP contribution in [0.1, 0.15) is 239 Å². The first-order valence-corrected chi connectivity index (χ1v) is 26.1. The van der Waals surface area contributed by atoms with Gasteiger partial charge >= 0.3 is 17.9 Å². The zero-order valence-electron chi connectivity index (χ0n) is 41.1. The van der Waals surface area contributed by atoms with E-state index in [0.717, 1.165) is 116 Å². The van der Waals surface area contributed by atoms with Crippen molar-refractivity contribution in [3.05, 3.63) is 85.1 Å². The van der Waals surface area contributed by atoms with Gasteiger partial charge in [0.05, 0.1) is 0 Å². The van der Waals surface area contributed by atoms with Crippen LogP contribution < -0.4 is 0 Å². The number of unbranched alkanes of at least 4 members (excludes halogenated alkanes) is 21. The van der Waals surface area contributed by atoms with Crippen molar-refractivity contribution in [2.45, 2.75) is 245 Å². The van der Waals surface area contributed by atoms with Crippen molar-refractivity contribution in [1.82, 2.24) is 0 Å². The third-order valence-corrected chi connectivity index (χ3v) is 10.9. The minimum Gasteiger partial charge on any atom is -0.462 e. The number of hydrogen-bond donors (Lipinski definition) is 0. The summed E-state index contributed by atoms with van der Waals surface area (Å²) in [6.07, 6.45) is 65.6. The molecule has 0 saturated carbocycles. The van der Waals surface area contributed by atoms with Gasteiger partial charge in [0.1, 0.15) is 13.2 Å². The van der Waals surface area contributed by atoms with Gasteiger partial charge in [0.2, 0.25) is 0 Å². The number of esters is 3. The fourth-order valence-corrected chi connectivity index (χ4v) is 6.93. The van der Waals surface area contributed by atoms with Crippen molar-refractivity contribution in [3.8, 4) is 0 Å². The molecule has 360 valence electrons. The summed E-state index contributed by atoms with van der Waals surface area (Å²) in [5, 5.41) is 0. The average molecular weight is 877 g/mol. The van der Waals surface area contributed by atoms with Crippen molar-refractivity contribution in [3.63, 3.8) is 0 Å². The van der Waals surface area contributed by atoms with Gasteiger partial charge in [-0.1, -0.05) is 189 Å². The minimum absolute atomic E-state index is 0.100. The van der Waals surface area contributed by atoms with Gasteiger partial charge in [-0.2, -0.15) is 0 Å². The first kappa shape index (κ1) is 59.6. The van der Waals surface area contributed by atoms with Gasteiger partial charge in [0.25, 0.3) is 0 Å². The Bertz CT molecular complexity index is 1240. The lowest BCUT2D eigenvalue weighted by Crippen LogP contribution is -2.30. The highest BCUT2D eigenvalue weighted by Gasteiger charge is 2.19. The van der Waals surface area contributed by atoms with E-state index in [9.17, 15) is 14.4 Å². The smallest absolute Gasteiger partial charge is 0.306 e. The van der Waals surface area contributed by atoms with E-state index in [1.54, 1.807) is 0 Å². The Morgan fingerprint density at radius 2 is 0.619 bits per heavy atom. The summed E-state index contributed by atoms with van der Waals surface area (Å²) in [7, 11) is 0. The van der Waals surface area contributed by atoms with E-state index >= 15 is 0 Å². The lowest BCUT2D eigenvalue weighted by Gasteiger charge is -2.18. The van der Waals surface area contributed by atoms with E-state index in [1.807, 2.05) is 0 Å². The topological polar surface area (TPSA) is 78.9 Å². The summed E-state index contributed by atoms with van der Waals surface area (Å²) >= 11 is 0. The molecule has 0 saturated heterocycles. The van der Waals surface area contributed by atoms with E-state index < -0.39 is 6.10 Å². The molecule has 0 spiro atoms. The molecular formula is C57H96O6. The highest BCUT2D eigenvalue weighted by molar-refractivity contribution is 5.71. The highest BCUT2D eigenvalue weighted by atomic mass is 16.6. The van der Waals surface area contributed by atoms with E-state index in [1.165, 1.54) is 83.5 Å². The average Bonchev–Trinajstić information content (AvgIpc) is 3.28. The number of ether oxygens (including phenoxy) is 3. The monoisotopic (exact) mass is 877 g/mol. The molecule has 1 atom stereocenters. The van der Waals surface area contributed by atoms with Crippen molar-refractivity contribution < 1.29 is 28.6 Å². The summed E-state index contributed by atoms with van der Waals surface area (Å²) in [6, 6.07) is 0. The van der Waals surface area contributed by atoms with Crippen LogP contribution in [0.5, 0.6) is 0 Å². The number of carbonyl (C=O) groups is 3. The summed E-state index contributed by atoms with van der Waals surface area (Å²) in [6.45, 7) is 6.43. The van der Waals surface area contributed by atoms with Crippen LogP contribution in [0.3, 0.4) is 0 Å². The van der Waals surface area contributed by atoms with Gasteiger partial charge in [-0.15, -0.1) is 0 Å². The fraction of sp³-hybridized carbons (Fsp3) is 0.702. The van der Waals surface area contributed by atoms with Crippen LogP contribution in [0.2, 0.25) is 0 Å². The van der Waals surface area contributed by atoms with Crippen molar-refractivity contribution in [2.24, 2.45) is 0 Å². The maximum atomic E-state index is 12.8. The normalized spacial score (nSPS) is 12.7. The van der Waals surface area contributed by atoms with Crippen LogP contribution in [0.15, 0.2) is 85.1 Å². The minimum atomic E-state index is -0.804. The third-order valence-electron chi connectivity index (χ3n) is 10.9. The molecule has 0 unspecified atom stereocenters. The Balaban J connectivity index is 4.49. The van der Waals surface area contributed by atoms with Crippen molar-refractivity contribution in [2.75, 3.05) is 13.2 Å². The molecule has 0 fully saturated rings. The zero-order chi connectivity index (χ0) is 45.8. The van der Waals surface area contributed by atoms with Crippen LogP contribution in [0, 0.1) is 0 Å². The molecule has 0 aromatic carbocycles. The van der Waals surface area contributed by atoms with Crippen molar-refractivity contribution >= 4 is 17.9 Å². The SMILES string of the molecule is CC/C=C\C/C=C\C/C=C\C/C=C\CCCCC(=O)OC[C@H](COC(=O)CCCCCCC/C=C\CCCCCCCC)OC(=O)CCCCCCC/C=C\C/C=C\CCCCC. The second kappa shape index (κ2) is 51.2. The quantitative estimate of drug-likeness (QED) is 0.0262. The van der Waals surface area contributed by atoms with Gasteiger partial charge in [-0.25, -0.2) is 0 Å². The van der Waals surface area contributed by atoms with Gasteiger partial charge in [-0.3, -0.25) is 14.4 Å². The van der Waals surface area contributed by atoms with Crippen LogP contribution >= 0.6 is 0 Å². The van der Waals surface area contributed by atoms with Crippen LogP contribution in [-0.4, -0.2) is 37.2 Å². The predicted octanol–water partition coefficient (Wildman–Crippen LogP) is 17.2. The number of rotatable bonds is 46. The molecular weight excluding hydrogens is 781 g/mol. The second-order valence-corrected chi connectivity index (χ2v) is 17.0. The molecule has 0 aliphatic rings. The van der Waals surface area contributed by atoms with E-state index in [-0.39, 0.29) is 31.1 Å². The lowest BCUT2D eigenvalue weighted by molar-refractivity contribution is -0.167. The fourth-order valence-electron chi connectivity index (χ4n) is 6.93. The predicted molar refractivity (Wildman–Crippen MR) is 270 cm³/mol. The molecule has 63 heavy (non-hydrogen) atoms.